The topological polar surface area (TPSA) is 100 Å². The summed E-state index contributed by atoms with van der Waals surface area (Å²) in [6.45, 7) is 0.181. The van der Waals surface area contributed by atoms with E-state index in [-0.39, 0.29) is 35.7 Å². The van der Waals surface area contributed by atoms with E-state index in [1.165, 1.54) is 25.3 Å². The Morgan fingerprint density at radius 1 is 1.14 bits per heavy atom. The molecule has 8 nitrogen and oxygen atoms in total. The molecule has 28 heavy (non-hydrogen) atoms. The van der Waals surface area contributed by atoms with Crippen LogP contribution in [-0.4, -0.2) is 34.3 Å². The second-order valence-corrected chi connectivity index (χ2v) is 8.21. The van der Waals surface area contributed by atoms with Crippen LogP contribution in [0.25, 0.3) is 0 Å². The highest BCUT2D eigenvalue weighted by molar-refractivity contribution is 7.89. The van der Waals surface area contributed by atoms with Gasteiger partial charge in [0.1, 0.15) is 17.3 Å². The Bertz CT molecular complexity index is 1010. The van der Waals surface area contributed by atoms with Crippen LogP contribution in [0, 0.1) is 0 Å². The molecule has 2 aromatic rings. The second-order valence-electron chi connectivity index (χ2n) is 6.52. The van der Waals surface area contributed by atoms with Crippen LogP contribution in [0.5, 0.6) is 17.2 Å². The molecule has 1 fully saturated rings. The van der Waals surface area contributed by atoms with E-state index in [1.54, 1.807) is 18.2 Å². The van der Waals surface area contributed by atoms with Crippen molar-refractivity contribution in [3.8, 4) is 17.2 Å². The SMILES string of the molecule is COc1ccc(C(=O)OCc2ccc3c(c2)OCO3)cc1S(=O)(=O)NC1CC1. The monoisotopic (exact) mass is 405 g/mol. The molecule has 1 N–H and O–H groups in total. The first-order valence-electron chi connectivity index (χ1n) is 8.72. The predicted molar refractivity (Wildman–Crippen MR) is 98.0 cm³/mol. The molecule has 0 saturated heterocycles. The molecule has 0 bridgehead atoms. The summed E-state index contributed by atoms with van der Waals surface area (Å²) in [6.07, 6.45) is 1.61. The third-order valence-electron chi connectivity index (χ3n) is 4.39. The fraction of sp³-hybridized carbons (Fsp3) is 0.316. The zero-order valence-corrected chi connectivity index (χ0v) is 16.0. The van der Waals surface area contributed by atoms with Crippen molar-refractivity contribution in [3.05, 3.63) is 47.5 Å². The zero-order valence-electron chi connectivity index (χ0n) is 15.1. The van der Waals surface area contributed by atoms with E-state index in [2.05, 4.69) is 4.72 Å². The van der Waals surface area contributed by atoms with Gasteiger partial charge in [0.05, 0.1) is 12.7 Å². The van der Waals surface area contributed by atoms with E-state index >= 15 is 0 Å². The van der Waals surface area contributed by atoms with E-state index < -0.39 is 16.0 Å². The molecule has 0 spiro atoms. The minimum Gasteiger partial charge on any atom is -0.495 e. The number of carbonyl (C=O) groups excluding carboxylic acids is 1. The van der Waals surface area contributed by atoms with Gasteiger partial charge in [0, 0.05) is 6.04 Å². The van der Waals surface area contributed by atoms with Crippen molar-refractivity contribution in [2.75, 3.05) is 13.9 Å². The van der Waals surface area contributed by atoms with Crippen LogP contribution in [0.15, 0.2) is 41.3 Å². The number of hydrogen-bond donors (Lipinski definition) is 1. The van der Waals surface area contributed by atoms with Crippen LogP contribution in [0.1, 0.15) is 28.8 Å². The molecule has 1 saturated carbocycles. The molecule has 1 aliphatic carbocycles. The third-order valence-corrected chi connectivity index (χ3v) is 5.94. The highest BCUT2D eigenvalue weighted by Gasteiger charge is 2.30. The van der Waals surface area contributed by atoms with Gasteiger partial charge in [-0.05, 0) is 48.7 Å². The molecular weight excluding hydrogens is 386 g/mol. The molecule has 148 valence electrons. The van der Waals surface area contributed by atoms with Crippen molar-refractivity contribution in [3.63, 3.8) is 0 Å². The average Bonchev–Trinajstić information content (AvgIpc) is 3.37. The standard InChI is InChI=1S/C19H19NO7S/c1-24-16-7-3-13(9-18(16)28(22,23)20-14-4-5-14)19(21)25-10-12-2-6-15-17(8-12)27-11-26-15/h2-3,6-9,14,20H,4-5,10-11H2,1H3. The summed E-state index contributed by atoms with van der Waals surface area (Å²) >= 11 is 0. The Labute approximate surface area is 162 Å². The zero-order chi connectivity index (χ0) is 19.7. The highest BCUT2D eigenvalue weighted by atomic mass is 32.2. The van der Waals surface area contributed by atoms with E-state index in [0.717, 1.165) is 18.4 Å². The van der Waals surface area contributed by atoms with Gasteiger partial charge in [-0.1, -0.05) is 6.07 Å². The van der Waals surface area contributed by atoms with Crippen molar-refractivity contribution in [2.45, 2.75) is 30.4 Å². The smallest absolute Gasteiger partial charge is 0.338 e. The number of esters is 1. The Kier molecular flexibility index (Phi) is 4.86. The van der Waals surface area contributed by atoms with Crippen LogP contribution >= 0.6 is 0 Å². The van der Waals surface area contributed by atoms with Gasteiger partial charge in [-0.25, -0.2) is 17.9 Å². The largest absolute Gasteiger partial charge is 0.495 e. The van der Waals surface area contributed by atoms with Gasteiger partial charge >= 0.3 is 5.97 Å². The maximum atomic E-state index is 12.6. The Morgan fingerprint density at radius 2 is 1.93 bits per heavy atom. The molecule has 2 aliphatic rings. The van der Waals surface area contributed by atoms with Crippen molar-refractivity contribution in [1.82, 2.24) is 4.72 Å². The van der Waals surface area contributed by atoms with Gasteiger partial charge < -0.3 is 18.9 Å². The summed E-state index contributed by atoms with van der Waals surface area (Å²) in [7, 11) is -2.40. The number of hydrogen-bond acceptors (Lipinski definition) is 7. The summed E-state index contributed by atoms with van der Waals surface area (Å²) < 4.78 is 48.7. The summed E-state index contributed by atoms with van der Waals surface area (Å²) in [5, 5.41) is 0. The normalized spacial score (nSPS) is 15.3. The molecule has 0 amide bonds. The third kappa shape index (κ3) is 3.90. The minimum atomic E-state index is -3.78. The molecule has 2 aromatic carbocycles. The Balaban J connectivity index is 1.50. The number of rotatable bonds is 7. The molecule has 0 aromatic heterocycles. The number of sulfonamides is 1. The van der Waals surface area contributed by atoms with Gasteiger partial charge in [-0.15, -0.1) is 0 Å². The maximum Gasteiger partial charge on any atom is 0.338 e. The molecule has 1 heterocycles. The van der Waals surface area contributed by atoms with E-state index in [0.29, 0.717) is 11.5 Å². The maximum absolute atomic E-state index is 12.6. The summed E-state index contributed by atoms with van der Waals surface area (Å²) in [5.74, 6) is 0.768. The summed E-state index contributed by atoms with van der Waals surface area (Å²) in [5.41, 5.74) is 0.854. The molecule has 0 radical (unpaired) electrons. The minimum absolute atomic E-state index is 0.0178. The highest BCUT2D eigenvalue weighted by Crippen LogP contribution is 2.33. The lowest BCUT2D eigenvalue weighted by molar-refractivity contribution is 0.0472. The fourth-order valence-electron chi connectivity index (χ4n) is 2.76. The van der Waals surface area contributed by atoms with Crippen LogP contribution in [0.3, 0.4) is 0 Å². The number of methoxy groups -OCH3 is 1. The lowest BCUT2D eigenvalue weighted by atomic mass is 10.2. The van der Waals surface area contributed by atoms with E-state index in [9.17, 15) is 13.2 Å². The lowest BCUT2D eigenvalue weighted by Crippen LogP contribution is -2.26. The van der Waals surface area contributed by atoms with Crippen LogP contribution in [0.4, 0.5) is 0 Å². The van der Waals surface area contributed by atoms with Gasteiger partial charge in [0.25, 0.3) is 0 Å². The van der Waals surface area contributed by atoms with Gasteiger partial charge in [-0.2, -0.15) is 0 Å². The van der Waals surface area contributed by atoms with Gasteiger partial charge in [0.15, 0.2) is 11.5 Å². The first kappa shape index (κ1) is 18.6. The number of fused-ring (bicyclic) bond motifs is 1. The first-order valence-corrected chi connectivity index (χ1v) is 10.2. The molecule has 0 atom stereocenters. The predicted octanol–water partition coefficient (Wildman–Crippen LogP) is 2.22. The molecule has 0 unspecified atom stereocenters. The molecule has 9 heteroatoms. The Hall–Kier alpha value is -2.78. The Morgan fingerprint density at radius 3 is 2.68 bits per heavy atom. The van der Waals surface area contributed by atoms with Crippen molar-refractivity contribution < 1.29 is 32.2 Å². The quantitative estimate of drug-likeness (QED) is 0.705. The number of benzene rings is 2. The van der Waals surface area contributed by atoms with E-state index in [4.69, 9.17) is 18.9 Å². The fourth-order valence-corrected chi connectivity index (χ4v) is 4.26. The number of nitrogens with one attached hydrogen (secondary N) is 1. The summed E-state index contributed by atoms with van der Waals surface area (Å²) in [4.78, 5) is 12.3. The molecule has 4 rings (SSSR count). The van der Waals surface area contributed by atoms with Crippen LogP contribution in [-0.2, 0) is 21.4 Å². The lowest BCUT2D eigenvalue weighted by Gasteiger charge is -2.12. The van der Waals surface area contributed by atoms with E-state index in [1.807, 2.05) is 0 Å². The second kappa shape index (κ2) is 7.33. The van der Waals surface area contributed by atoms with Gasteiger partial charge in [-0.3, -0.25) is 0 Å². The van der Waals surface area contributed by atoms with Crippen molar-refractivity contribution in [1.29, 1.82) is 0 Å². The average molecular weight is 405 g/mol. The summed E-state index contributed by atoms with van der Waals surface area (Å²) in [6, 6.07) is 9.37. The molecule has 1 aliphatic heterocycles. The van der Waals surface area contributed by atoms with Crippen molar-refractivity contribution in [2.24, 2.45) is 0 Å². The first-order chi connectivity index (χ1) is 13.5. The number of ether oxygens (including phenoxy) is 4. The van der Waals surface area contributed by atoms with Crippen molar-refractivity contribution >= 4 is 16.0 Å². The van der Waals surface area contributed by atoms with Crippen LogP contribution < -0.4 is 18.9 Å². The number of carbonyl (C=O) groups is 1. The molecular formula is C19H19NO7S. The van der Waals surface area contributed by atoms with Gasteiger partial charge in [0.2, 0.25) is 16.8 Å². The van der Waals surface area contributed by atoms with Crippen LogP contribution in [0.2, 0.25) is 0 Å².